The van der Waals surface area contributed by atoms with Gasteiger partial charge < -0.3 is 5.73 Å². The average molecular weight is 248 g/mol. The fourth-order valence-corrected chi connectivity index (χ4v) is 1.98. The molecule has 1 heterocycles. The summed E-state index contributed by atoms with van der Waals surface area (Å²) in [5.74, 6) is 0.587. The molecule has 0 saturated heterocycles. The zero-order chi connectivity index (χ0) is 13.2. The van der Waals surface area contributed by atoms with E-state index in [0.29, 0.717) is 18.4 Å². The number of hydrogen-bond acceptors (Lipinski definition) is 3. The molecule has 0 bridgehead atoms. The normalized spacial score (nSPS) is 14.4. The Morgan fingerprint density at radius 1 is 1.33 bits per heavy atom. The van der Waals surface area contributed by atoms with Gasteiger partial charge in [-0.15, -0.1) is 0 Å². The van der Waals surface area contributed by atoms with Crippen LogP contribution in [0.4, 0.5) is 4.39 Å². The first kappa shape index (κ1) is 12.7. The van der Waals surface area contributed by atoms with Crippen molar-refractivity contribution in [1.82, 2.24) is 14.8 Å². The molecule has 0 aliphatic rings. The summed E-state index contributed by atoms with van der Waals surface area (Å²) in [7, 11) is 1.82. The third-order valence-electron chi connectivity index (χ3n) is 2.92. The van der Waals surface area contributed by atoms with Crippen LogP contribution in [-0.2, 0) is 19.9 Å². The summed E-state index contributed by atoms with van der Waals surface area (Å²) >= 11 is 0. The predicted molar refractivity (Wildman–Crippen MR) is 67.4 cm³/mol. The van der Waals surface area contributed by atoms with Crippen LogP contribution in [0.1, 0.15) is 18.3 Å². The zero-order valence-corrected chi connectivity index (χ0v) is 10.6. The van der Waals surface area contributed by atoms with Gasteiger partial charge >= 0.3 is 0 Å². The molecule has 1 unspecified atom stereocenters. The van der Waals surface area contributed by atoms with E-state index in [2.05, 4.69) is 10.1 Å². The van der Waals surface area contributed by atoms with E-state index in [4.69, 9.17) is 5.73 Å². The van der Waals surface area contributed by atoms with Gasteiger partial charge in [0.15, 0.2) is 0 Å². The van der Waals surface area contributed by atoms with E-state index in [1.807, 2.05) is 20.0 Å². The molecule has 1 atom stereocenters. The van der Waals surface area contributed by atoms with Crippen LogP contribution in [0.25, 0.3) is 0 Å². The Kier molecular flexibility index (Phi) is 3.43. The molecule has 4 nitrogen and oxygen atoms in total. The molecule has 0 aliphatic heterocycles. The lowest BCUT2D eigenvalue weighted by Gasteiger charge is -2.24. The highest BCUT2D eigenvalue weighted by Gasteiger charge is 2.23. The summed E-state index contributed by atoms with van der Waals surface area (Å²) in [5, 5.41) is 4.00. The number of rotatable bonds is 4. The predicted octanol–water partition coefficient (Wildman–Crippen LogP) is 1.46. The second-order valence-electron chi connectivity index (χ2n) is 4.90. The maximum atomic E-state index is 13.6. The molecule has 1 aromatic carbocycles. The van der Waals surface area contributed by atoms with Gasteiger partial charge in [-0.1, -0.05) is 18.2 Å². The van der Waals surface area contributed by atoms with Crippen molar-refractivity contribution in [3.05, 3.63) is 47.8 Å². The molecule has 0 amide bonds. The molecule has 5 heteroatoms. The second kappa shape index (κ2) is 4.86. The van der Waals surface area contributed by atoms with E-state index in [-0.39, 0.29) is 5.82 Å². The number of halogens is 1. The summed E-state index contributed by atoms with van der Waals surface area (Å²) in [5.41, 5.74) is 6.31. The zero-order valence-electron chi connectivity index (χ0n) is 10.6. The van der Waals surface area contributed by atoms with E-state index < -0.39 is 5.54 Å². The molecule has 0 aliphatic carbocycles. The van der Waals surface area contributed by atoms with E-state index in [0.717, 1.165) is 5.82 Å². The molecular formula is C13H17FN4. The largest absolute Gasteiger partial charge is 0.325 e. The minimum Gasteiger partial charge on any atom is -0.325 e. The van der Waals surface area contributed by atoms with Gasteiger partial charge in [0.05, 0.1) is 0 Å². The average Bonchev–Trinajstić information content (AvgIpc) is 2.67. The fraction of sp³-hybridized carbons (Fsp3) is 0.385. The number of hydrogen-bond donors (Lipinski definition) is 1. The van der Waals surface area contributed by atoms with Gasteiger partial charge in [-0.25, -0.2) is 9.37 Å². The van der Waals surface area contributed by atoms with Crippen molar-refractivity contribution in [1.29, 1.82) is 0 Å². The summed E-state index contributed by atoms with van der Waals surface area (Å²) in [6.45, 7) is 1.90. The van der Waals surface area contributed by atoms with Gasteiger partial charge in [0.2, 0.25) is 0 Å². The number of aryl methyl sites for hydroxylation is 1. The third-order valence-corrected chi connectivity index (χ3v) is 2.92. The smallest absolute Gasteiger partial charge is 0.138 e. The van der Waals surface area contributed by atoms with Crippen molar-refractivity contribution in [2.24, 2.45) is 12.8 Å². The van der Waals surface area contributed by atoms with Crippen molar-refractivity contribution in [2.75, 3.05) is 0 Å². The second-order valence-corrected chi connectivity index (χ2v) is 4.90. The summed E-state index contributed by atoms with van der Waals surface area (Å²) in [6.07, 6.45) is 2.51. The summed E-state index contributed by atoms with van der Waals surface area (Å²) in [4.78, 5) is 4.14. The van der Waals surface area contributed by atoms with Gasteiger partial charge in [-0.3, -0.25) is 4.68 Å². The number of nitrogens with zero attached hydrogens (tertiary/aromatic N) is 3. The monoisotopic (exact) mass is 248 g/mol. The van der Waals surface area contributed by atoms with Crippen molar-refractivity contribution >= 4 is 0 Å². The van der Waals surface area contributed by atoms with Gasteiger partial charge in [0.25, 0.3) is 0 Å². The highest BCUT2D eigenvalue weighted by molar-refractivity contribution is 5.20. The molecule has 0 fully saturated rings. The Balaban J connectivity index is 2.13. The lowest BCUT2D eigenvalue weighted by molar-refractivity contribution is 0.433. The Hall–Kier alpha value is -1.75. The molecule has 0 saturated carbocycles. The molecular weight excluding hydrogens is 231 g/mol. The number of benzene rings is 1. The van der Waals surface area contributed by atoms with Crippen molar-refractivity contribution < 1.29 is 4.39 Å². The highest BCUT2D eigenvalue weighted by atomic mass is 19.1. The number of nitrogens with two attached hydrogens (primary N) is 1. The Morgan fingerprint density at radius 3 is 2.67 bits per heavy atom. The molecule has 1 aromatic heterocycles. The van der Waals surface area contributed by atoms with E-state index in [1.54, 1.807) is 16.8 Å². The quantitative estimate of drug-likeness (QED) is 0.891. The minimum atomic E-state index is -0.553. The first-order valence-corrected chi connectivity index (χ1v) is 5.83. The van der Waals surface area contributed by atoms with Crippen molar-refractivity contribution in [3.63, 3.8) is 0 Å². The van der Waals surface area contributed by atoms with Crippen LogP contribution in [0.15, 0.2) is 30.6 Å². The fourth-order valence-electron chi connectivity index (χ4n) is 1.98. The molecule has 2 aromatic rings. The molecule has 2 rings (SSSR count). The third kappa shape index (κ3) is 2.92. The SMILES string of the molecule is Cn1ncnc1CC(C)(N)Cc1ccccc1F. The van der Waals surface area contributed by atoms with Crippen LogP contribution < -0.4 is 5.73 Å². The lowest BCUT2D eigenvalue weighted by Crippen LogP contribution is -2.42. The van der Waals surface area contributed by atoms with Crippen LogP contribution >= 0.6 is 0 Å². The first-order valence-electron chi connectivity index (χ1n) is 5.83. The number of aromatic nitrogens is 3. The van der Waals surface area contributed by atoms with Crippen LogP contribution in [0, 0.1) is 5.82 Å². The van der Waals surface area contributed by atoms with Crippen molar-refractivity contribution in [2.45, 2.75) is 25.3 Å². The molecule has 96 valence electrons. The van der Waals surface area contributed by atoms with Crippen LogP contribution in [0.5, 0.6) is 0 Å². The summed E-state index contributed by atoms with van der Waals surface area (Å²) < 4.78 is 15.3. The lowest BCUT2D eigenvalue weighted by atomic mass is 9.90. The van der Waals surface area contributed by atoms with Gasteiger partial charge in [0.1, 0.15) is 18.0 Å². The van der Waals surface area contributed by atoms with Gasteiger partial charge in [-0.05, 0) is 25.0 Å². The molecule has 0 spiro atoms. The molecule has 18 heavy (non-hydrogen) atoms. The maximum Gasteiger partial charge on any atom is 0.138 e. The van der Waals surface area contributed by atoms with E-state index in [1.165, 1.54) is 12.4 Å². The standard InChI is InChI=1S/C13H17FN4/c1-13(15,8-12-16-9-17-18(12)2)7-10-5-3-4-6-11(10)14/h3-6,9H,7-8,15H2,1-2H3. The van der Waals surface area contributed by atoms with Gasteiger partial charge in [-0.2, -0.15) is 5.10 Å². The van der Waals surface area contributed by atoms with E-state index in [9.17, 15) is 4.39 Å². The maximum absolute atomic E-state index is 13.6. The Morgan fingerprint density at radius 2 is 2.06 bits per heavy atom. The highest BCUT2D eigenvalue weighted by Crippen LogP contribution is 2.17. The first-order chi connectivity index (χ1) is 8.48. The van der Waals surface area contributed by atoms with E-state index >= 15 is 0 Å². The van der Waals surface area contributed by atoms with Crippen LogP contribution in [-0.4, -0.2) is 20.3 Å². The summed E-state index contributed by atoms with van der Waals surface area (Å²) in [6, 6.07) is 6.71. The minimum absolute atomic E-state index is 0.216. The van der Waals surface area contributed by atoms with Crippen LogP contribution in [0.2, 0.25) is 0 Å². The molecule has 2 N–H and O–H groups in total. The Bertz CT molecular complexity index is 533. The van der Waals surface area contributed by atoms with Crippen molar-refractivity contribution in [3.8, 4) is 0 Å². The topological polar surface area (TPSA) is 56.7 Å². The molecule has 0 radical (unpaired) electrons. The van der Waals surface area contributed by atoms with Crippen LogP contribution in [0.3, 0.4) is 0 Å². The Labute approximate surface area is 106 Å². The van der Waals surface area contributed by atoms with Gasteiger partial charge in [0, 0.05) is 19.0 Å².